The van der Waals surface area contributed by atoms with E-state index >= 15 is 0 Å². The third-order valence-electron chi connectivity index (χ3n) is 10.1. The van der Waals surface area contributed by atoms with Gasteiger partial charge in [0.25, 0.3) is 5.91 Å². The monoisotopic (exact) mass is 743 g/mol. The Labute approximate surface area is 320 Å². The summed E-state index contributed by atoms with van der Waals surface area (Å²) < 4.78 is 1.86. The molecule has 0 spiro atoms. The van der Waals surface area contributed by atoms with Gasteiger partial charge >= 0.3 is 5.97 Å². The second-order valence-electron chi connectivity index (χ2n) is 13.8. The summed E-state index contributed by atoms with van der Waals surface area (Å²) in [6.45, 7) is 3.82. The summed E-state index contributed by atoms with van der Waals surface area (Å²) in [5, 5.41) is 15.6. The molecule has 278 valence electrons. The normalized spacial score (nSPS) is 15.2. The third kappa shape index (κ3) is 7.68. The number of aromatic nitrogens is 2. The van der Waals surface area contributed by atoms with Crippen molar-refractivity contribution >= 4 is 35.5 Å². The van der Waals surface area contributed by atoms with E-state index in [9.17, 15) is 24.3 Å². The van der Waals surface area contributed by atoms with Crippen molar-refractivity contribution in [1.82, 2.24) is 25.1 Å². The number of carbonyl (C=O) groups is 4. The van der Waals surface area contributed by atoms with Crippen LogP contribution in [0, 0.1) is 5.92 Å². The molecule has 2 heterocycles. The largest absolute Gasteiger partial charge is 0.480 e. The van der Waals surface area contributed by atoms with E-state index in [0.29, 0.717) is 5.75 Å². The summed E-state index contributed by atoms with van der Waals surface area (Å²) in [7, 11) is 0. The van der Waals surface area contributed by atoms with Crippen LogP contribution in [0.4, 0.5) is 0 Å². The van der Waals surface area contributed by atoms with Crippen molar-refractivity contribution in [2.45, 2.75) is 56.9 Å². The highest BCUT2D eigenvalue weighted by Crippen LogP contribution is 2.41. The molecule has 11 heteroatoms. The minimum atomic E-state index is -1.13. The molecule has 1 aliphatic rings. The molecule has 0 saturated carbocycles. The van der Waals surface area contributed by atoms with Crippen LogP contribution in [0.1, 0.15) is 58.6 Å². The number of imidazole rings is 1. The van der Waals surface area contributed by atoms with Crippen molar-refractivity contribution in [2.24, 2.45) is 5.92 Å². The predicted octanol–water partition coefficient (Wildman–Crippen LogP) is 5.75. The first-order valence-electron chi connectivity index (χ1n) is 18.1. The van der Waals surface area contributed by atoms with Crippen LogP contribution in [0.25, 0.3) is 0 Å². The molecule has 1 aromatic heterocycles. The van der Waals surface area contributed by atoms with E-state index in [1.807, 2.05) is 140 Å². The van der Waals surface area contributed by atoms with Crippen LogP contribution in [0.3, 0.4) is 0 Å². The molecule has 0 saturated heterocycles. The van der Waals surface area contributed by atoms with Crippen LogP contribution in [-0.4, -0.2) is 73.4 Å². The molecule has 5 aromatic rings. The minimum absolute atomic E-state index is 0.131. The Morgan fingerprint density at radius 2 is 1.35 bits per heavy atom. The second-order valence-corrected chi connectivity index (χ2v) is 14.8. The number of carboxylic acids is 1. The van der Waals surface area contributed by atoms with Gasteiger partial charge in [-0.05, 0) is 52.2 Å². The first-order chi connectivity index (χ1) is 26.2. The number of rotatable bonds is 14. The molecular weight excluding hydrogens is 699 g/mol. The minimum Gasteiger partial charge on any atom is -0.480 e. The Morgan fingerprint density at radius 3 is 1.87 bits per heavy atom. The maximum Gasteiger partial charge on any atom is 0.326 e. The number of nitrogens with one attached hydrogen (secondary N) is 2. The average molecular weight is 744 g/mol. The number of benzene rings is 4. The van der Waals surface area contributed by atoms with E-state index in [0.717, 1.165) is 27.8 Å². The molecule has 1 aliphatic heterocycles. The summed E-state index contributed by atoms with van der Waals surface area (Å²) in [6.07, 6.45) is 5.48. The van der Waals surface area contributed by atoms with Crippen molar-refractivity contribution in [3.8, 4) is 0 Å². The van der Waals surface area contributed by atoms with Gasteiger partial charge in [-0.1, -0.05) is 129 Å². The highest BCUT2D eigenvalue weighted by Gasteiger charge is 2.43. The zero-order chi connectivity index (χ0) is 38.2. The summed E-state index contributed by atoms with van der Waals surface area (Å²) >= 11 is 1.49. The molecule has 3 amide bonds. The molecule has 3 N–H and O–H groups in total. The lowest BCUT2D eigenvalue weighted by Gasteiger charge is -2.40. The lowest BCUT2D eigenvalue weighted by molar-refractivity contribution is -0.146. The Morgan fingerprint density at radius 1 is 0.815 bits per heavy atom. The van der Waals surface area contributed by atoms with Gasteiger partial charge in [-0.3, -0.25) is 14.4 Å². The number of nitrogens with zero attached hydrogens (tertiary/aromatic N) is 3. The molecule has 0 bridgehead atoms. The van der Waals surface area contributed by atoms with Crippen LogP contribution in [0.5, 0.6) is 0 Å². The van der Waals surface area contributed by atoms with Gasteiger partial charge in [0.1, 0.15) is 29.4 Å². The highest BCUT2D eigenvalue weighted by molar-refractivity contribution is 7.98. The summed E-state index contributed by atoms with van der Waals surface area (Å²) in [5.74, 6) is -2.44. The fourth-order valence-corrected chi connectivity index (χ4v) is 7.81. The van der Waals surface area contributed by atoms with Crippen molar-refractivity contribution in [1.29, 1.82) is 0 Å². The zero-order valence-electron chi connectivity index (χ0n) is 30.6. The van der Waals surface area contributed by atoms with E-state index < -0.39 is 47.4 Å². The van der Waals surface area contributed by atoms with Crippen LogP contribution >= 0.6 is 11.8 Å². The van der Waals surface area contributed by atoms with E-state index in [1.165, 1.54) is 22.9 Å². The average Bonchev–Trinajstić information content (AvgIpc) is 3.69. The van der Waals surface area contributed by atoms with Crippen molar-refractivity contribution in [3.63, 3.8) is 0 Å². The molecule has 0 radical (unpaired) electrons. The molecule has 0 aliphatic carbocycles. The van der Waals surface area contributed by atoms with Crippen molar-refractivity contribution in [2.75, 3.05) is 12.0 Å². The number of carbonyl (C=O) groups excluding carboxylic acids is 3. The Bertz CT molecular complexity index is 1980. The van der Waals surface area contributed by atoms with E-state index in [4.69, 9.17) is 0 Å². The van der Waals surface area contributed by atoms with Crippen LogP contribution < -0.4 is 10.6 Å². The highest BCUT2D eigenvalue weighted by atomic mass is 32.2. The van der Waals surface area contributed by atoms with E-state index in [1.54, 1.807) is 6.33 Å². The second kappa shape index (κ2) is 17.0. The maximum atomic E-state index is 14.7. The van der Waals surface area contributed by atoms with Crippen LogP contribution in [0.2, 0.25) is 0 Å². The van der Waals surface area contributed by atoms with Gasteiger partial charge in [0.05, 0.1) is 12.5 Å². The number of thioether (sulfide) groups is 1. The number of fused-ring (bicyclic) bond motifs is 1. The quantitative estimate of drug-likeness (QED) is 0.123. The Balaban J connectivity index is 1.37. The van der Waals surface area contributed by atoms with Gasteiger partial charge in [0.15, 0.2) is 0 Å². The first-order valence-corrected chi connectivity index (χ1v) is 19.5. The van der Waals surface area contributed by atoms with Crippen molar-refractivity contribution < 1.29 is 24.3 Å². The van der Waals surface area contributed by atoms with Gasteiger partial charge in [0.2, 0.25) is 11.8 Å². The van der Waals surface area contributed by atoms with E-state index in [-0.39, 0.29) is 31.0 Å². The number of amides is 3. The molecule has 3 atom stereocenters. The molecule has 2 unspecified atom stereocenters. The predicted molar refractivity (Wildman–Crippen MR) is 210 cm³/mol. The van der Waals surface area contributed by atoms with Gasteiger partial charge in [-0.15, -0.1) is 0 Å². The smallest absolute Gasteiger partial charge is 0.326 e. The molecule has 10 nitrogen and oxygen atoms in total. The fraction of sp³-hybridized carbons (Fsp3) is 0.279. The van der Waals surface area contributed by atoms with Crippen LogP contribution in [-0.2, 0) is 32.9 Å². The standard InChI is InChI=1S/C43H45N5O5S/c1-29(2)38(41(51)47-27-31-16-14-13-15-30(31)25-36(47)39(49)45-35(42(52)53)23-24-54-3)46-40(50)37-26-44-28-48(37)43(32-17-7-4-8-18-32,33-19-9-5-10-20-33)34-21-11-6-12-22-34/h4-22,26,28-29,35-36,38H,23-25,27H2,1-3H3,(H,45,49)(H,46,50)(H,52,53)/t35?,36?,38-/m0/s1. The lowest BCUT2D eigenvalue weighted by atomic mass is 9.76. The number of carboxylic acid groups (broad SMARTS) is 1. The number of hydrogen-bond acceptors (Lipinski definition) is 6. The van der Waals surface area contributed by atoms with Crippen LogP contribution in [0.15, 0.2) is 128 Å². The first kappa shape index (κ1) is 38.1. The number of aliphatic carboxylic acids is 1. The molecule has 54 heavy (non-hydrogen) atoms. The molecule has 6 rings (SSSR count). The number of hydrogen-bond donors (Lipinski definition) is 3. The van der Waals surface area contributed by atoms with Gasteiger partial charge in [-0.2, -0.15) is 11.8 Å². The SMILES string of the molecule is CSCCC(NC(=O)C1Cc2ccccc2CN1C(=O)[C@@H](NC(=O)c1cncn1C(c1ccccc1)(c1ccccc1)c1ccccc1)C(C)C)C(=O)O. The summed E-state index contributed by atoms with van der Waals surface area (Å²) in [5.41, 5.74) is 3.74. The third-order valence-corrected chi connectivity index (χ3v) is 10.7. The Hall–Kier alpha value is -5.68. The van der Waals surface area contributed by atoms with Gasteiger partial charge in [0, 0.05) is 13.0 Å². The van der Waals surface area contributed by atoms with Gasteiger partial charge < -0.3 is 25.2 Å². The van der Waals surface area contributed by atoms with Crippen molar-refractivity contribution in [3.05, 3.63) is 161 Å². The topological polar surface area (TPSA) is 134 Å². The zero-order valence-corrected chi connectivity index (χ0v) is 31.4. The van der Waals surface area contributed by atoms with Gasteiger partial charge in [-0.25, -0.2) is 9.78 Å². The maximum absolute atomic E-state index is 14.7. The molecular formula is C43H45N5O5S. The fourth-order valence-electron chi connectivity index (χ4n) is 7.34. The summed E-state index contributed by atoms with van der Waals surface area (Å²) in [6, 6.07) is 34.3. The molecule has 0 fully saturated rings. The summed E-state index contributed by atoms with van der Waals surface area (Å²) in [4.78, 5) is 61.3. The Kier molecular flexibility index (Phi) is 12.0. The molecule has 4 aromatic carbocycles. The lowest BCUT2D eigenvalue weighted by Crippen LogP contribution is -2.60. The van der Waals surface area contributed by atoms with E-state index in [2.05, 4.69) is 15.6 Å².